The first kappa shape index (κ1) is 13.9. The molecule has 0 aromatic carbocycles. The highest BCUT2D eigenvalue weighted by Crippen LogP contribution is 2.16. The summed E-state index contributed by atoms with van der Waals surface area (Å²) in [6, 6.07) is 0. The predicted octanol–water partition coefficient (Wildman–Crippen LogP) is 3.94. The Kier molecular flexibility index (Phi) is 5.64. The molecule has 1 aromatic rings. The van der Waals surface area contributed by atoms with Crippen LogP contribution in [0.4, 0.5) is 0 Å². The minimum atomic E-state index is -0.410. The number of aliphatic hydroxyl groups excluding tert-OH is 1. The number of aryl methyl sites for hydroxylation is 1. The lowest BCUT2D eigenvalue weighted by atomic mass is 10.1. The minimum Gasteiger partial charge on any atom is -0.388 e. The molecule has 0 fully saturated rings. The zero-order valence-corrected chi connectivity index (χ0v) is 12.7. The van der Waals surface area contributed by atoms with Crippen LogP contribution < -0.4 is 0 Å². The van der Waals surface area contributed by atoms with Crippen molar-refractivity contribution in [2.75, 3.05) is 0 Å². The lowest BCUT2D eigenvalue weighted by Gasteiger charge is -2.08. The van der Waals surface area contributed by atoms with Crippen molar-refractivity contribution in [3.8, 4) is 0 Å². The molecule has 16 heavy (non-hydrogen) atoms. The first-order valence-electron chi connectivity index (χ1n) is 5.09. The summed E-state index contributed by atoms with van der Waals surface area (Å²) >= 11 is 3.87. The van der Waals surface area contributed by atoms with Crippen LogP contribution in [0, 0.1) is 6.92 Å². The van der Waals surface area contributed by atoms with E-state index in [9.17, 15) is 5.11 Å². The number of nitrogens with zero attached hydrogens (tertiary/aromatic N) is 1. The number of thiazole rings is 1. The van der Waals surface area contributed by atoms with Crippen molar-refractivity contribution >= 4 is 40.0 Å². The summed E-state index contributed by atoms with van der Waals surface area (Å²) in [7, 11) is 0. The van der Waals surface area contributed by atoms with Crippen LogP contribution >= 0.6 is 33.9 Å². The Labute approximate surface area is 114 Å². The maximum atomic E-state index is 9.89. The molecular formula is C12H16INOS. The molecule has 1 aromatic heterocycles. The van der Waals surface area contributed by atoms with Crippen LogP contribution in [0.5, 0.6) is 0 Å². The molecule has 0 aliphatic rings. The molecule has 0 aliphatic carbocycles. The number of aromatic nitrogens is 1. The smallest absolute Gasteiger partial charge is 0.0901 e. The number of allylic oxidation sites excluding steroid dienone is 1. The molecule has 0 aliphatic heterocycles. The standard InChI is InChI=1S/C12H16INOS/c1-8(12(15)5-4-9(2)13)6-11-7-16-10(3)14-11/h4,6-7,12,15H,5H2,1-3H3/b8-6+,9-4-. The molecule has 0 spiro atoms. The van der Waals surface area contributed by atoms with E-state index < -0.39 is 6.10 Å². The molecule has 1 unspecified atom stereocenters. The van der Waals surface area contributed by atoms with Gasteiger partial charge >= 0.3 is 0 Å². The highest BCUT2D eigenvalue weighted by Gasteiger charge is 2.05. The molecule has 0 saturated heterocycles. The van der Waals surface area contributed by atoms with Gasteiger partial charge in [0, 0.05) is 5.38 Å². The first-order valence-corrected chi connectivity index (χ1v) is 7.05. The second kappa shape index (κ2) is 6.51. The summed E-state index contributed by atoms with van der Waals surface area (Å²) in [5.41, 5.74) is 1.90. The van der Waals surface area contributed by atoms with Crippen LogP contribution in [0.3, 0.4) is 0 Å². The summed E-state index contributed by atoms with van der Waals surface area (Å²) in [5.74, 6) is 0. The van der Waals surface area contributed by atoms with Crippen LogP contribution in [0.2, 0.25) is 0 Å². The fourth-order valence-electron chi connectivity index (χ4n) is 1.24. The van der Waals surface area contributed by atoms with E-state index in [1.54, 1.807) is 11.3 Å². The molecule has 0 bridgehead atoms. The third-order valence-corrected chi connectivity index (χ3v) is 3.39. The van der Waals surface area contributed by atoms with E-state index in [-0.39, 0.29) is 0 Å². The number of halogens is 1. The second-order valence-corrected chi connectivity index (χ2v) is 6.49. The largest absolute Gasteiger partial charge is 0.388 e. The van der Waals surface area contributed by atoms with Crippen molar-refractivity contribution in [3.63, 3.8) is 0 Å². The Morgan fingerprint density at radius 3 is 2.81 bits per heavy atom. The summed E-state index contributed by atoms with van der Waals surface area (Å²) < 4.78 is 1.20. The van der Waals surface area contributed by atoms with Crippen molar-refractivity contribution in [2.45, 2.75) is 33.3 Å². The predicted molar refractivity (Wildman–Crippen MR) is 78.9 cm³/mol. The van der Waals surface area contributed by atoms with E-state index in [1.165, 1.54) is 3.58 Å². The minimum absolute atomic E-state index is 0.410. The third kappa shape index (κ3) is 4.76. The lowest BCUT2D eigenvalue weighted by molar-refractivity contribution is 0.215. The summed E-state index contributed by atoms with van der Waals surface area (Å²) in [4.78, 5) is 4.34. The van der Waals surface area contributed by atoms with E-state index in [4.69, 9.17) is 0 Å². The molecule has 4 heteroatoms. The van der Waals surface area contributed by atoms with E-state index >= 15 is 0 Å². The number of aliphatic hydroxyl groups is 1. The van der Waals surface area contributed by atoms with Crippen LogP contribution in [0.25, 0.3) is 6.08 Å². The Bertz CT molecular complexity index is 405. The third-order valence-electron chi connectivity index (χ3n) is 2.16. The highest BCUT2D eigenvalue weighted by molar-refractivity contribution is 14.1. The van der Waals surface area contributed by atoms with Crippen molar-refractivity contribution < 1.29 is 5.11 Å². The number of hydrogen-bond acceptors (Lipinski definition) is 3. The zero-order chi connectivity index (χ0) is 12.1. The van der Waals surface area contributed by atoms with Gasteiger partial charge in [0.05, 0.1) is 16.8 Å². The summed E-state index contributed by atoms with van der Waals surface area (Å²) in [5, 5.41) is 13.0. The second-order valence-electron chi connectivity index (χ2n) is 3.72. The van der Waals surface area contributed by atoms with Gasteiger partial charge in [-0.1, -0.05) is 6.08 Å². The summed E-state index contributed by atoms with van der Waals surface area (Å²) in [6.45, 7) is 5.95. The molecule has 1 rings (SSSR count). The lowest BCUT2D eigenvalue weighted by Crippen LogP contribution is -2.06. The molecular weight excluding hydrogens is 333 g/mol. The van der Waals surface area contributed by atoms with Crippen LogP contribution in [-0.4, -0.2) is 16.2 Å². The molecule has 0 saturated carbocycles. The average molecular weight is 349 g/mol. The zero-order valence-electron chi connectivity index (χ0n) is 9.70. The first-order chi connectivity index (χ1) is 7.49. The van der Waals surface area contributed by atoms with Gasteiger partial charge in [0.25, 0.3) is 0 Å². The molecule has 1 heterocycles. The number of rotatable bonds is 4. The molecule has 0 amide bonds. The van der Waals surface area contributed by atoms with E-state index in [1.807, 2.05) is 38.3 Å². The van der Waals surface area contributed by atoms with Crippen molar-refractivity contribution in [1.29, 1.82) is 0 Å². The van der Waals surface area contributed by atoms with Crippen LogP contribution in [-0.2, 0) is 0 Å². The normalized spacial score (nSPS) is 15.3. The van der Waals surface area contributed by atoms with Gasteiger partial charge in [0.1, 0.15) is 0 Å². The maximum absolute atomic E-state index is 9.89. The van der Waals surface area contributed by atoms with Gasteiger partial charge in [0.15, 0.2) is 0 Å². The highest BCUT2D eigenvalue weighted by atomic mass is 127. The quantitative estimate of drug-likeness (QED) is 0.835. The Morgan fingerprint density at radius 2 is 2.31 bits per heavy atom. The Morgan fingerprint density at radius 1 is 1.62 bits per heavy atom. The fraction of sp³-hybridized carbons (Fsp3) is 0.417. The van der Waals surface area contributed by atoms with E-state index in [0.717, 1.165) is 16.3 Å². The molecule has 1 N–H and O–H groups in total. The van der Waals surface area contributed by atoms with Gasteiger partial charge in [-0.25, -0.2) is 4.98 Å². The van der Waals surface area contributed by atoms with Gasteiger partial charge in [-0.3, -0.25) is 0 Å². The monoisotopic (exact) mass is 349 g/mol. The van der Waals surface area contributed by atoms with Gasteiger partial charge in [-0.2, -0.15) is 0 Å². The van der Waals surface area contributed by atoms with Crippen LogP contribution in [0.1, 0.15) is 31.0 Å². The van der Waals surface area contributed by atoms with Crippen molar-refractivity contribution in [1.82, 2.24) is 4.98 Å². The van der Waals surface area contributed by atoms with Crippen LogP contribution in [0.15, 0.2) is 20.6 Å². The van der Waals surface area contributed by atoms with E-state index in [2.05, 4.69) is 27.6 Å². The topological polar surface area (TPSA) is 33.1 Å². The number of hydrogen-bond donors (Lipinski definition) is 1. The maximum Gasteiger partial charge on any atom is 0.0901 e. The average Bonchev–Trinajstić information content (AvgIpc) is 2.60. The summed E-state index contributed by atoms with van der Waals surface area (Å²) in [6.07, 6.45) is 4.24. The van der Waals surface area contributed by atoms with Gasteiger partial charge in [0.2, 0.25) is 0 Å². The van der Waals surface area contributed by atoms with E-state index in [0.29, 0.717) is 6.42 Å². The molecule has 0 radical (unpaired) electrons. The van der Waals surface area contributed by atoms with Crippen molar-refractivity contribution in [3.05, 3.63) is 31.3 Å². The SMILES string of the molecule is C/C(I)=C/CC(O)/C(C)=C/c1csc(C)n1. The Balaban J connectivity index is 2.66. The van der Waals surface area contributed by atoms with Gasteiger partial charge in [-0.05, 0) is 65.0 Å². The molecule has 1 atom stereocenters. The fourth-order valence-corrected chi connectivity index (χ4v) is 2.06. The molecule has 2 nitrogen and oxygen atoms in total. The van der Waals surface area contributed by atoms with Crippen molar-refractivity contribution in [2.24, 2.45) is 0 Å². The van der Waals surface area contributed by atoms with Gasteiger partial charge < -0.3 is 5.11 Å². The molecule has 88 valence electrons. The van der Waals surface area contributed by atoms with Gasteiger partial charge in [-0.15, -0.1) is 11.3 Å². The Hall–Kier alpha value is -0.200.